The zero-order valence-electron chi connectivity index (χ0n) is 15.8. The normalized spacial score (nSPS) is 16.1. The molecule has 0 unspecified atom stereocenters. The van der Waals surface area contributed by atoms with Crippen LogP contribution in [0.3, 0.4) is 0 Å². The predicted molar refractivity (Wildman–Crippen MR) is 105 cm³/mol. The lowest BCUT2D eigenvalue weighted by Crippen LogP contribution is -2.22. The fraction of sp³-hybridized carbons (Fsp3) is 0.250. The number of halogens is 1. The highest BCUT2D eigenvalue weighted by atomic mass is 35.5. The van der Waals surface area contributed by atoms with Gasteiger partial charge in [0, 0.05) is 12.3 Å². The molecule has 0 amide bonds. The number of carbonyl (C=O) groups is 1. The van der Waals surface area contributed by atoms with Gasteiger partial charge in [-0.2, -0.15) is 0 Å². The van der Waals surface area contributed by atoms with Gasteiger partial charge in [-0.25, -0.2) is 13.2 Å². The van der Waals surface area contributed by atoms with Gasteiger partial charge in [0.05, 0.1) is 22.6 Å². The van der Waals surface area contributed by atoms with Gasteiger partial charge >= 0.3 is 5.97 Å². The molecular formula is C20H19ClO6S. The average molecular weight is 423 g/mol. The van der Waals surface area contributed by atoms with E-state index in [2.05, 4.69) is 0 Å². The zero-order valence-corrected chi connectivity index (χ0v) is 17.3. The Bertz CT molecular complexity index is 1070. The maximum absolute atomic E-state index is 12.5. The van der Waals surface area contributed by atoms with Crippen molar-refractivity contribution in [2.45, 2.75) is 24.3 Å². The first-order valence-electron chi connectivity index (χ1n) is 8.33. The molecule has 0 aliphatic carbocycles. The van der Waals surface area contributed by atoms with Gasteiger partial charge in [-0.1, -0.05) is 23.7 Å². The van der Waals surface area contributed by atoms with Gasteiger partial charge in [0.15, 0.2) is 9.84 Å². The number of carbonyl (C=O) groups excluding carboxylic acids is 1. The Kier molecular flexibility index (Phi) is 5.16. The molecule has 6 nitrogen and oxygen atoms in total. The molecule has 0 spiro atoms. The highest BCUT2D eigenvalue weighted by molar-refractivity contribution is 7.90. The van der Waals surface area contributed by atoms with E-state index in [4.69, 9.17) is 25.8 Å². The van der Waals surface area contributed by atoms with Crippen LogP contribution in [0.2, 0.25) is 5.02 Å². The monoisotopic (exact) mass is 422 g/mol. The molecule has 0 saturated carbocycles. The Balaban J connectivity index is 2.06. The van der Waals surface area contributed by atoms with Gasteiger partial charge in [-0.3, -0.25) is 0 Å². The van der Waals surface area contributed by atoms with Crippen LogP contribution in [0.15, 0.2) is 53.1 Å². The number of benzene rings is 2. The highest BCUT2D eigenvalue weighted by Gasteiger charge is 2.43. The van der Waals surface area contributed by atoms with Gasteiger partial charge in [0.2, 0.25) is 5.76 Å². The van der Waals surface area contributed by atoms with Crippen molar-refractivity contribution in [1.29, 1.82) is 0 Å². The molecule has 0 fully saturated rings. The van der Waals surface area contributed by atoms with E-state index in [-0.39, 0.29) is 10.7 Å². The summed E-state index contributed by atoms with van der Waals surface area (Å²) < 4.78 is 39.8. The molecule has 0 atom stereocenters. The number of hydrogen-bond acceptors (Lipinski definition) is 6. The molecule has 0 radical (unpaired) electrons. The van der Waals surface area contributed by atoms with Crippen molar-refractivity contribution < 1.29 is 27.4 Å². The van der Waals surface area contributed by atoms with Crippen molar-refractivity contribution in [3.05, 3.63) is 58.8 Å². The van der Waals surface area contributed by atoms with E-state index in [1.807, 2.05) is 0 Å². The summed E-state index contributed by atoms with van der Waals surface area (Å²) in [6.45, 7) is 3.48. The van der Waals surface area contributed by atoms with Crippen molar-refractivity contribution in [1.82, 2.24) is 0 Å². The minimum Gasteiger partial charge on any atom is -0.495 e. The van der Waals surface area contributed by atoms with Crippen LogP contribution in [-0.4, -0.2) is 33.4 Å². The van der Waals surface area contributed by atoms with Crippen molar-refractivity contribution in [3.63, 3.8) is 0 Å². The molecule has 2 aromatic rings. The van der Waals surface area contributed by atoms with E-state index in [9.17, 15) is 13.2 Å². The van der Waals surface area contributed by atoms with Crippen LogP contribution in [0.1, 0.15) is 19.4 Å². The van der Waals surface area contributed by atoms with Crippen LogP contribution in [0.25, 0.3) is 5.57 Å². The van der Waals surface area contributed by atoms with Gasteiger partial charge in [-0.05, 0) is 43.7 Å². The van der Waals surface area contributed by atoms with Crippen molar-refractivity contribution in [2.24, 2.45) is 0 Å². The summed E-state index contributed by atoms with van der Waals surface area (Å²) >= 11 is 6.13. The van der Waals surface area contributed by atoms with Gasteiger partial charge in [0.25, 0.3) is 0 Å². The second-order valence-electron chi connectivity index (χ2n) is 6.80. The predicted octanol–water partition coefficient (Wildman–Crippen LogP) is 3.88. The lowest BCUT2D eigenvalue weighted by molar-refractivity contribution is -0.145. The van der Waals surface area contributed by atoms with Crippen LogP contribution in [0.4, 0.5) is 0 Å². The van der Waals surface area contributed by atoms with Crippen molar-refractivity contribution in [3.8, 4) is 11.5 Å². The number of sulfone groups is 1. The number of rotatable bonds is 5. The van der Waals surface area contributed by atoms with Crippen LogP contribution in [-0.2, 0) is 19.4 Å². The largest absolute Gasteiger partial charge is 0.495 e. The van der Waals surface area contributed by atoms with Gasteiger partial charge < -0.3 is 14.2 Å². The van der Waals surface area contributed by atoms with Crippen LogP contribution < -0.4 is 9.47 Å². The number of cyclic esters (lactones) is 1. The summed E-state index contributed by atoms with van der Waals surface area (Å²) in [5, 5.41) is 0.338. The minimum absolute atomic E-state index is 0.0262. The standard InChI is InChI=1S/C20H19ClO6S/c1-20(2)17(12-5-8-14(9-6-12)28(4,23)24)18(19(22)27-20)26-13-7-10-16(25-3)15(21)11-13/h5-11H,1-4H3. The maximum atomic E-state index is 12.5. The SMILES string of the molecule is COc1ccc(OC2=C(c3ccc(S(C)(=O)=O)cc3)C(C)(C)OC2=O)cc1Cl. The number of hydrogen-bond donors (Lipinski definition) is 0. The Morgan fingerprint density at radius 3 is 2.25 bits per heavy atom. The molecular weight excluding hydrogens is 404 g/mol. The summed E-state index contributed by atoms with van der Waals surface area (Å²) in [7, 11) is -1.83. The molecule has 148 valence electrons. The lowest BCUT2D eigenvalue weighted by Gasteiger charge is -2.21. The number of esters is 1. The molecule has 3 rings (SSSR count). The zero-order chi connectivity index (χ0) is 20.7. The third-order valence-electron chi connectivity index (χ3n) is 4.28. The van der Waals surface area contributed by atoms with Gasteiger partial charge in [0.1, 0.15) is 17.1 Å². The number of methoxy groups -OCH3 is 1. The summed E-state index contributed by atoms with van der Waals surface area (Å²) in [6, 6.07) is 11.0. The van der Waals surface area contributed by atoms with E-state index in [1.165, 1.54) is 25.3 Å². The molecule has 0 bridgehead atoms. The van der Waals surface area contributed by atoms with E-state index in [0.717, 1.165) is 6.26 Å². The summed E-state index contributed by atoms with van der Waals surface area (Å²) in [6.07, 6.45) is 1.13. The highest BCUT2D eigenvalue weighted by Crippen LogP contribution is 2.41. The van der Waals surface area contributed by atoms with E-state index >= 15 is 0 Å². The van der Waals surface area contributed by atoms with Crippen LogP contribution >= 0.6 is 11.6 Å². The van der Waals surface area contributed by atoms with Gasteiger partial charge in [-0.15, -0.1) is 0 Å². The third-order valence-corrected chi connectivity index (χ3v) is 5.70. The van der Waals surface area contributed by atoms with E-state index < -0.39 is 21.4 Å². The molecule has 1 aliphatic heterocycles. The summed E-state index contributed by atoms with van der Waals surface area (Å²) in [5.41, 5.74) is 0.192. The molecule has 1 heterocycles. The molecule has 0 N–H and O–H groups in total. The Labute approximate surface area is 168 Å². The minimum atomic E-state index is -3.33. The van der Waals surface area contributed by atoms with Crippen molar-refractivity contribution >= 4 is 33.0 Å². The quantitative estimate of drug-likeness (QED) is 0.680. The molecule has 2 aromatic carbocycles. The molecule has 0 saturated heterocycles. The second-order valence-corrected chi connectivity index (χ2v) is 9.22. The third kappa shape index (κ3) is 3.86. The Morgan fingerprint density at radius 2 is 1.71 bits per heavy atom. The Morgan fingerprint density at radius 1 is 1.07 bits per heavy atom. The second kappa shape index (κ2) is 7.14. The maximum Gasteiger partial charge on any atom is 0.375 e. The molecule has 0 aromatic heterocycles. The average Bonchev–Trinajstić information content (AvgIpc) is 2.82. The van der Waals surface area contributed by atoms with E-state index in [0.29, 0.717) is 27.7 Å². The summed E-state index contributed by atoms with van der Waals surface area (Å²) in [5.74, 6) is 0.243. The summed E-state index contributed by atoms with van der Waals surface area (Å²) in [4.78, 5) is 12.6. The number of ether oxygens (including phenoxy) is 3. The fourth-order valence-electron chi connectivity index (χ4n) is 2.97. The molecule has 1 aliphatic rings. The van der Waals surface area contributed by atoms with Crippen molar-refractivity contribution in [2.75, 3.05) is 13.4 Å². The van der Waals surface area contributed by atoms with Crippen LogP contribution in [0, 0.1) is 0 Å². The first-order valence-corrected chi connectivity index (χ1v) is 10.6. The topological polar surface area (TPSA) is 78.9 Å². The molecule has 28 heavy (non-hydrogen) atoms. The Hall–Kier alpha value is -2.51. The first kappa shape index (κ1) is 20.2. The van der Waals surface area contributed by atoms with E-state index in [1.54, 1.807) is 38.1 Å². The lowest BCUT2D eigenvalue weighted by atomic mass is 9.92. The fourth-order valence-corrected chi connectivity index (χ4v) is 3.85. The smallest absolute Gasteiger partial charge is 0.375 e. The van der Waals surface area contributed by atoms with Crippen LogP contribution in [0.5, 0.6) is 11.5 Å². The first-order chi connectivity index (χ1) is 13.0. The molecule has 8 heteroatoms.